The minimum absolute atomic E-state index is 0.0901. The molecule has 1 nitrogen and oxygen atoms in total. The molecule has 0 fully saturated rings. The van der Waals surface area contributed by atoms with Crippen LogP contribution in [0.4, 0.5) is 0 Å². The smallest absolute Gasteiger partial charge is 0.139 e. The van der Waals surface area contributed by atoms with E-state index in [0.29, 0.717) is 28.3 Å². The number of alkyl halides is 1. The van der Waals surface area contributed by atoms with Gasteiger partial charge in [-0.3, -0.25) is 0 Å². The van der Waals surface area contributed by atoms with Gasteiger partial charge in [0, 0.05) is 17.0 Å². The molecule has 0 N–H and O–H groups in total. The van der Waals surface area contributed by atoms with Gasteiger partial charge in [0.15, 0.2) is 0 Å². The van der Waals surface area contributed by atoms with Gasteiger partial charge in [0.1, 0.15) is 5.75 Å². The fraction of sp³-hybridized carbons (Fsp3) is 0.538. The maximum atomic E-state index is 6.28. The fourth-order valence-corrected chi connectivity index (χ4v) is 2.78. The van der Waals surface area contributed by atoms with Crippen molar-refractivity contribution in [3.05, 3.63) is 27.7 Å². The zero-order chi connectivity index (χ0) is 13.1. The van der Waals surface area contributed by atoms with E-state index in [1.807, 2.05) is 13.0 Å². The van der Waals surface area contributed by atoms with Crippen LogP contribution in [0.15, 0.2) is 12.1 Å². The van der Waals surface area contributed by atoms with E-state index in [4.69, 9.17) is 39.5 Å². The zero-order valence-electron chi connectivity index (χ0n) is 10.3. The molecule has 96 valence electrons. The molecule has 4 heteroatoms. The average Bonchev–Trinajstić information content (AvgIpc) is 2.23. The summed E-state index contributed by atoms with van der Waals surface area (Å²) in [4.78, 5) is 0. The van der Waals surface area contributed by atoms with Crippen molar-refractivity contribution in [2.75, 3.05) is 12.5 Å². The minimum Gasteiger partial charge on any atom is -0.492 e. The van der Waals surface area contributed by atoms with Crippen LogP contribution in [0.25, 0.3) is 0 Å². The molecule has 0 saturated heterocycles. The second-order valence-electron chi connectivity index (χ2n) is 4.52. The SMILES string of the molecule is CCOc1cc(Cl)c(C(C)(C)CCCl)cc1Cl. The molecule has 0 aromatic heterocycles. The second-order valence-corrected chi connectivity index (χ2v) is 5.71. The van der Waals surface area contributed by atoms with Crippen molar-refractivity contribution in [2.45, 2.75) is 32.6 Å². The third-order valence-electron chi connectivity index (χ3n) is 2.77. The largest absolute Gasteiger partial charge is 0.492 e. The lowest BCUT2D eigenvalue weighted by Crippen LogP contribution is -2.18. The van der Waals surface area contributed by atoms with Crippen LogP contribution in [0.2, 0.25) is 10.0 Å². The van der Waals surface area contributed by atoms with Gasteiger partial charge in [-0.25, -0.2) is 0 Å². The van der Waals surface area contributed by atoms with E-state index in [9.17, 15) is 0 Å². The Morgan fingerprint density at radius 2 is 1.82 bits per heavy atom. The van der Waals surface area contributed by atoms with Crippen molar-refractivity contribution in [3.63, 3.8) is 0 Å². The highest BCUT2D eigenvalue weighted by Crippen LogP contribution is 2.39. The molecule has 17 heavy (non-hydrogen) atoms. The van der Waals surface area contributed by atoms with Gasteiger partial charge in [-0.05, 0) is 30.4 Å². The van der Waals surface area contributed by atoms with Gasteiger partial charge < -0.3 is 4.74 Å². The number of halogens is 3. The molecule has 0 heterocycles. The molecule has 0 aliphatic heterocycles. The summed E-state index contributed by atoms with van der Waals surface area (Å²) in [5.41, 5.74) is 0.918. The predicted octanol–water partition coefficient (Wildman–Crippen LogP) is 5.30. The summed E-state index contributed by atoms with van der Waals surface area (Å²) in [6.07, 6.45) is 0.846. The van der Waals surface area contributed by atoms with Gasteiger partial charge in [-0.15, -0.1) is 11.6 Å². The minimum atomic E-state index is -0.0901. The lowest BCUT2D eigenvalue weighted by atomic mass is 9.82. The molecule has 0 saturated carbocycles. The molecular weight excluding hydrogens is 279 g/mol. The topological polar surface area (TPSA) is 9.23 Å². The highest BCUT2D eigenvalue weighted by molar-refractivity contribution is 6.34. The number of ether oxygens (including phenoxy) is 1. The van der Waals surface area contributed by atoms with Crippen LogP contribution in [-0.4, -0.2) is 12.5 Å². The first-order valence-electron chi connectivity index (χ1n) is 5.60. The van der Waals surface area contributed by atoms with Crippen LogP contribution in [0.1, 0.15) is 32.8 Å². The Kier molecular flexibility index (Phi) is 5.43. The first-order chi connectivity index (χ1) is 7.92. The fourth-order valence-electron chi connectivity index (χ4n) is 1.68. The number of rotatable bonds is 5. The summed E-state index contributed by atoms with van der Waals surface area (Å²) in [5.74, 6) is 1.22. The van der Waals surface area contributed by atoms with E-state index in [-0.39, 0.29) is 5.41 Å². The van der Waals surface area contributed by atoms with Crippen molar-refractivity contribution in [1.82, 2.24) is 0 Å². The quantitative estimate of drug-likeness (QED) is 0.670. The molecule has 0 spiro atoms. The van der Waals surface area contributed by atoms with E-state index in [0.717, 1.165) is 12.0 Å². The summed E-state index contributed by atoms with van der Waals surface area (Å²) < 4.78 is 5.40. The summed E-state index contributed by atoms with van der Waals surface area (Å²) in [5, 5.41) is 1.27. The summed E-state index contributed by atoms with van der Waals surface area (Å²) in [7, 11) is 0. The van der Waals surface area contributed by atoms with Crippen molar-refractivity contribution in [1.29, 1.82) is 0 Å². The van der Waals surface area contributed by atoms with Crippen LogP contribution in [0.5, 0.6) is 5.75 Å². The first kappa shape index (κ1) is 14.9. The standard InChI is InChI=1S/C13H17Cl3O/c1-4-17-12-8-10(15)9(7-11(12)16)13(2,3)5-6-14/h7-8H,4-6H2,1-3H3. The van der Waals surface area contributed by atoms with Crippen LogP contribution in [-0.2, 0) is 5.41 Å². The maximum absolute atomic E-state index is 6.28. The van der Waals surface area contributed by atoms with Crippen LogP contribution in [0.3, 0.4) is 0 Å². The van der Waals surface area contributed by atoms with E-state index in [1.54, 1.807) is 6.07 Å². The van der Waals surface area contributed by atoms with E-state index < -0.39 is 0 Å². The number of benzene rings is 1. The van der Waals surface area contributed by atoms with Gasteiger partial charge in [0.2, 0.25) is 0 Å². The zero-order valence-corrected chi connectivity index (χ0v) is 12.6. The Labute approximate surface area is 118 Å². The molecule has 0 radical (unpaired) electrons. The van der Waals surface area contributed by atoms with Gasteiger partial charge in [0.05, 0.1) is 11.6 Å². The van der Waals surface area contributed by atoms with Crippen molar-refractivity contribution in [2.24, 2.45) is 0 Å². The highest BCUT2D eigenvalue weighted by Gasteiger charge is 2.24. The van der Waals surface area contributed by atoms with Gasteiger partial charge >= 0.3 is 0 Å². The molecular formula is C13H17Cl3O. The molecule has 0 amide bonds. The van der Waals surface area contributed by atoms with Gasteiger partial charge in [0.25, 0.3) is 0 Å². The summed E-state index contributed by atoms with van der Waals surface area (Å²) in [6.45, 7) is 6.69. The molecule has 0 unspecified atom stereocenters. The normalized spacial score (nSPS) is 11.6. The number of hydrogen-bond donors (Lipinski definition) is 0. The van der Waals surface area contributed by atoms with Gasteiger partial charge in [-0.1, -0.05) is 37.0 Å². The number of hydrogen-bond acceptors (Lipinski definition) is 1. The van der Waals surface area contributed by atoms with Crippen LogP contribution < -0.4 is 4.74 Å². The average molecular weight is 296 g/mol. The van der Waals surface area contributed by atoms with Gasteiger partial charge in [-0.2, -0.15) is 0 Å². The van der Waals surface area contributed by atoms with Crippen molar-refractivity contribution < 1.29 is 4.74 Å². The Hall–Kier alpha value is -0.110. The molecule has 1 aromatic rings. The van der Waals surface area contributed by atoms with Crippen LogP contribution in [0, 0.1) is 0 Å². The highest BCUT2D eigenvalue weighted by atomic mass is 35.5. The van der Waals surface area contributed by atoms with E-state index in [2.05, 4.69) is 13.8 Å². The molecule has 1 aromatic carbocycles. The molecule has 0 atom stereocenters. The first-order valence-corrected chi connectivity index (χ1v) is 6.89. The lowest BCUT2D eigenvalue weighted by Gasteiger charge is -2.26. The van der Waals surface area contributed by atoms with Crippen molar-refractivity contribution >= 4 is 34.8 Å². The molecule has 1 rings (SSSR count). The van der Waals surface area contributed by atoms with E-state index in [1.165, 1.54) is 0 Å². The third kappa shape index (κ3) is 3.67. The Morgan fingerprint density at radius 3 is 2.35 bits per heavy atom. The molecule has 0 aliphatic carbocycles. The Morgan fingerprint density at radius 1 is 1.18 bits per heavy atom. The Balaban J connectivity index is 3.15. The monoisotopic (exact) mass is 294 g/mol. The third-order valence-corrected chi connectivity index (χ3v) is 3.57. The van der Waals surface area contributed by atoms with Crippen LogP contribution >= 0.6 is 34.8 Å². The van der Waals surface area contributed by atoms with E-state index >= 15 is 0 Å². The summed E-state index contributed by atoms with van der Waals surface area (Å²) >= 11 is 18.3. The molecule has 0 aliphatic rings. The van der Waals surface area contributed by atoms with Crippen molar-refractivity contribution in [3.8, 4) is 5.75 Å². The predicted molar refractivity (Wildman–Crippen MR) is 76.0 cm³/mol. The Bertz CT molecular complexity index is 388. The molecule has 0 bridgehead atoms. The second kappa shape index (κ2) is 6.17. The summed E-state index contributed by atoms with van der Waals surface area (Å²) in [6, 6.07) is 3.65. The maximum Gasteiger partial charge on any atom is 0.139 e. The lowest BCUT2D eigenvalue weighted by molar-refractivity contribution is 0.340.